The standard InChI is InChI=1S/C6H4N2OS/c9-4-1-2-7-6-5(4)8-3-10-6/h1-2H,3H2. The predicted octanol–water partition coefficient (Wildman–Crippen LogP) is 0.627. The number of ketones is 1. The molecule has 0 saturated heterocycles. The van der Waals surface area contributed by atoms with Crippen molar-refractivity contribution in [1.82, 2.24) is 0 Å². The number of carbonyl (C=O) groups excluding carboxylic acids is 1. The van der Waals surface area contributed by atoms with Crippen LogP contribution in [0.2, 0.25) is 0 Å². The Morgan fingerprint density at radius 3 is 3.30 bits per heavy atom. The number of hydrogen-bond acceptors (Lipinski definition) is 4. The molecule has 0 unspecified atom stereocenters. The lowest BCUT2D eigenvalue weighted by atomic mass is 10.2. The van der Waals surface area contributed by atoms with Gasteiger partial charge in [0.15, 0.2) is 0 Å². The number of nitrogens with zero attached hydrogens (tertiary/aromatic N) is 2. The van der Waals surface area contributed by atoms with Gasteiger partial charge in [-0.2, -0.15) is 0 Å². The molecule has 2 aliphatic heterocycles. The summed E-state index contributed by atoms with van der Waals surface area (Å²) in [6, 6.07) is 0. The van der Waals surface area contributed by atoms with E-state index >= 15 is 0 Å². The summed E-state index contributed by atoms with van der Waals surface area (Å²) in [5.41, 5.74) is 0.535. The first-order valence-electron chi connectivity index (χ1n) is 2.84. The molecule has 2 aliphatic rings. The van der Waals surface area contributed by atoms with Gasteiger partial charge in [-0.05, 0) is 0 Å². The fourth-order valence-corrected chi connectivity index (χ4v) is 1.58. The Morgan fingerprint density at radius 2 is 2.50 bits per heavy atom. The van der Waals surface area contributed by atoms with Gasteiger partial charge in [0.1, 0.15) is 10.8 Å². The zero-order valence-electron chi connectivity index (χ0n) is 5.07. The zero-order valence-corrected chi connectivity index (χ0v) is 5.89. The van der Waals surface area contributed by atoms with Gasteiger partial charge in [0.2, 0.25) is 5.78 Å². The highest BCUT2D eigenvalue weighted by Gasteiger charge is 2.22. The summed E-state index contributed by atoms with van der Waals surface area (Å²) < 4.78 is 0. The molecule has 0 radical (unpaired) electrons. The van der Waals surface area contributed by atoms with E-state index in [-0.39, 0.29) is 5.78 Å². The molecule has 0 spiro atoms. The van der Waals surface area contributed by atoms with E-state index in [1.807, 2.05) is 0 Å². The van der Waals surface area contributed by atoms with Crippen molar-refractivity contribution in [2.75, 3.05) is 5.88 Å². The van der Waals surface area contributed by atoms with E-state index in [4.69, 9.17) is 0 Å². The molecular formula is C6H4N2OS. The zero-order chi connectivity index (χ0) is 6.97. The number of carbonyl (C=O) groups is 1. The number of thioether (sulfide) groups is 1. The van der Waals surface area contributed by atoms with Gasteiger partial charge in [-0.3, -0.25) is 9.79 Å². The Labute approximate surface area is 61.9 Å². The summed E-state index contributed by atoms with van der Waals surface area (Å²) in [7, 11) is 0. The Morgan fingerprint density at radius 1 is 1.60 bits per heavy atom. The minimum atomic E-state index is -0.0185. The molecule has 50 valence electrons. The minimum Gasteiger partial charge on any atom is -0.287 e. The maximum atomic E-state index is 11.0. The molecule has 0 amide bonds. The van der Waals surface area contributed by atoms with Crippen LogP contribution in [0, 0.1) is 0 Å². The number of hydrogen-bond donors (Lipinski definition) is 0. The third kappa shape index (κ3) is 0.724. The Balaban J connectivity index is 2.48. The topological polar surface area (TPSA) is 41.8 Å². The second-order valence-electron chi connectivity index (χ2n) is 1.89. The highest BCUT2D eigenvalue weighted by atomic mass is 32.2. The number of rotatable bonds is 0. The highest BCUT2D eigenvalue weighted by Crippen LogP contribution is 2.17. The summed E-state index contributed by atoms with van der Waals surface area (Å²) in [5, 5.41) is 0.771. The lowest BCUT2D eigenvalue weighted by molar-refractivity contribution is -0.108. The van der Waals surface area contributed by atoms with Crippen molar-refractivity contribution in [3.8, 4) is 0 Å². The van der Waals surface area contributed by atoms with Gasteiger partial charge in [0.25, 0.3) is 0 Å². The first kappa shape index (κ1) is 5.85. The number of fused-ring (bicyclic) bond motifs is 1. The van der Waals surface area contributed by atoms with Crippen LogP contribution in [0.5, 0.6) is 0 Å². The maximum Gasteiger partial charge on any atom is 0.208 e. The number of aliphatic imine (C=N–C) groups is 2. The van der Waals surface area contributed by atoms with E-state index < -0.39 is 0 Å². The normalized spacial score (nSPS) is 22.2. The van der Waals surface area contributed by atoms with Crippen LogP contribution in [0.1, 0.15) is 0 Å². The smallest absolute Gasteiger partial charge is 0.208 e. The van der Waals surface area contributed by atoms with E-state index in [0.717, 1.165) is 5.04 Å². The summed E-state index contributed by atoms with van der Waals surface area (Å²) >= 11 is 1.50. The SMILES string of the molecule is O=C1C=CN=C2SCN=C12. The molecule has 0 saturated carbocycles. The van der Waals surface area contributed by atoms with Crippen LogP contribution in [0.3, 0.4) is 0 Å². The van der Waals surface area contributed by atoms with Crippen LogP contribution in [0.4, 0.5) is 0 Å². The van der Waals surface area contributed by atoms with Crippen molar-refractivity contribution < 1.29 is 4.79 Å². The fourth-order valence-electron chi connectivity index (χ4n) is 0.827. The molecule has 0 aromatic carbocycles. The molecule has 0 N–H and O–H groups in total. The second kappa shape index (κ2) is 2.05. The Hall–Kier alpha value is -0.900. The quantitative estimate of drug-likeness (QED) is 0.510. The van der Waals surface area contributed by atoms with Gasteiger partial charge in [0, 0.05) is 12.3 Å². The molecule has 0 bridgehead atoms. The molecule has 0 aromatic rings. The third-order valence-corrected chi connectivity index (χ3v) is 2.11. The Kier molecular flexibility index (Phi) is 1.20. The van der Waals surface area contributed by atoms with Crippen LogP contribution in [0.25, 0.3) is 0 Å². The van der Waals surface area contributed by atoms with Gasteiger partial charge in [0.05, 0.1) is 5.88 Å². The summed E-state index contributed by atoms with van der Waals surface area (Å²) in [6.07, 6.45) is 2.96. The van der Waals surface area contributed by atoms with Crippen LogP contribution in [-0.4, -0.2) is 22.4 Å². The first-order valence-corrected chi connectivity index (χ1v) is 3.83. The molecule has 0 aliphatic carbocycles. The highest BCUT2D eigenvalue weighted by molar-refractivity contribution is 8.16. The van der Waals surface area contributed by atoms with Gasteiger partial charge < -0.3 is 0 Å². The van der Waals surface area contributed by atoms with E-state index in [2.05, 4.69) is 9.98 Å². The van der Waals surface area contributed by atoms with Crippen molar-refractivity contribution in [2.45, 2.75) is 0 Å². The summed E-state index contributed by atoms with van der Waals surface area (Å²) in [6.45, 7) is 0. The molecule has 0 fully saturated rings. The van der Waals surface area contributed by atoms with Gasteiger partial charge in [-0.15, -0.1) is 0 Å². The largest absolute Gasteiger partial charge is 0.287 e. The van der Waals surface area contributed by atoms with Gasteiger partial charge in [-0.25, -0.2) is 4.99 Å². The van der Waals surface area contributed by atoms with Crippen molar-refractivity contribution in [3.05, 3.63) is 12.3 Å². The van der Waals surface area contributed by atoms with Crippen LogP contribution < -0.4 is 0 Å². The van der Waals surface area contributed by atoms with Gasteiger partial charge in [-0.1, -0.05) is 11.8 Å². The van der Waals surface area contributed by atoms with E-state index in [0.29, 0.717) is 11.6 Å². The van der Waals surface area contributed by atoms with Crippen molar-refractivity contribution in [1.29, 1.82) is 0 Å². The molecule has 4 heteroatoms. The summed E-state index contributed by atoms with van der Waals surface area (Å²) in [4.78, 5) is 18.9. The predicted molar refractivity (Wildman–Crippen MR) is 41.5 cm³/mol. The lowest BCUT2D eigenvalue weighted by Crippen LogP contribution is -2.18. The van der Waals surface area contributed by atoms with E-state index in [1.165, 1.54) is 24.0 Å². The van der Waals surface area contributed by atoms with Crippen LogP contribution in [-0.2, 0) is 4.79 Å². The van der Waals surface area contributed by atoms with Crippen LogP contribution >= 0.6 is 11.8 Å². The average Bonchev–Trinajstić information content (AvgIpc) is 2.36. The lowest BCUT2D eigenvalue weighted by Gasteiger charge is -1.98. The second-order valence-corrected chi connectivity index (χ2v) is 2.83. The summed E-state index contributed by atoms with van der Waals surface area (Å²) in [5.74, 6) is 0.622. The number of allylic oxidation sites excluding steroid dienone is 1. The maximum absolute atomic E-state index is 11.0. The minimum absolute atomic E-state index is 0.0185. The van der Waals surface area contributed by atoms with Crippen molar-refractivity contribution >= 4 is 28.3 Å². The molecule has 2 rings (SSSR count). The third-order valence-electron chi connectivity index (χ3n) is 1.28. The molecule has 10 heavy (non-hydrogen) atoms. The first-order chi connectivity index (χ1) is 4.88. The van der Waals surface area contributed by atoms with Gasteiger partial charge >= 0.3 is 0 Å². The van der Waals surface area contributed by atoms with Crippen molar-refractivity contribution in [2.24, 2.45) is 9.98 Å². The molecule has 0 atom stereocenters. The van der Waals surface area contributed by atoms with Crippen molar-refractivity contribution in [3.63, 3.8) is 0 Å². The molecule has 2 heterocycles. The average molecular weight is 152 g/mol. The fraction of sp³-hybridized carbons (Fsp3) is 0.167. The molecular weight excluding hydrogens is 148 g/mol. The van der Waals surface area contributed by atoms with Crippen LogP contribution in [0.15, 0.2) is 22.3 Å². The van der Waals surface area contributed by atoms with E-state index in [9.17, 15) is 4.79 Å². The Bertz CT molecular complexity index is 277. The van der Waals surface area contributed by atoms with E-state index in [1.54, 1.807) is 0 Å². The monoisotopic (exact) mass is 152 g/mol. The molecule has 0 aromatic heterocycles. The molecule has 3 nitrogen and oxygen atoms in total.